The van der Waals surface area contributed by atoms with Gasteiger partial charge in [0.25, 0.3) is 0 Å². The number of hydrogen-bond donors (Lipinski definition) is 1. The molecule has 18 heavy (non-hydrogen) atoms. The highest BCUT2D eigenvalue weighted by Crippen LogP contribution is 2.44. The first-order valence-corrected chi connectivity index (χ1v) is 7.39. The third-order valence-electron chi connectivity index (χ3n) is 4.24. The Kier molecular flexibility index (Phi) is 3.03. The molecule has 2 atom stereocenters. The fourth-order valence-electron chi connectivity index (χ4n) is 3.06. The van der Waals surface area contributed by atoms with Gasteiger partial charge < -0.3 is 10.5 Å². The summed E-state index contributed by atoms with van der Waals surface area (Å²) in [6.07, 6.45) is 4.57. The van der Waals surface area contributed by atoms with Crippen LogP contribution in [0.4, 0.5) is 0 Å². The summed E-state index contributed by atoms with van der Waals surface area (Å²) in [5.41, 5.74) is 8.63. The minimum atomic E-state index is -0.218. The monoisotopic (exact) mass is 313 g/mol. The standard InChI is InChI=1S/C13H20BrN3O/c1-8-11(14)10(17(2)16-8)7-13(15)5-6-18-12(13)9-3-4-9/h9,12H,3-7,15H2,1-2H3. The Morgan fingerprint density at radius 1 is 1.56 bits per heavy atom. The van der Waals surface area contributed by atoms with Crippen molar-refractivity contribution >= 4 is 15.9 Å². The Balaban J connectivity index is 1.86. The number of ether oxygens (including phenoxy) is 1. The van der Waals surface area contributed by atoms with E-state index in [9.17, 15) is 0 Å². The average molecular weight is 314 g/mol. The van der Waals surface area contributed by atoms with Crippen molar-refractivity contribution in [1.29, 1.82) is 0 Å². The van der Waals surface area contributed by atoms with Crippen LogP contribution in [0, 0.1) is 12.8 Å². The molecule has 1 aromatic rings. The van der Waals surface area contributed by atoms with Gasteiger partial charge in [-0.3, -0.25) is 4.68 Å². The molecule has 1 saturated heterocycles. The summed E-state index contributed by atoms with van der Waals surface area (Å²) in [7, 11) is 1.98. The normalized spacial score (nSPS) is 32.1. The quantitative estimate of drug-likeness (QED) is 0.927. The van der Waals surface area contributed by atoms with E-state index in [1.165, 1.54) is 18.5 Å². The molecule has 2 heterocycles. The summed E-state index contributed by atoms with van der Waals surface area (Å²) in [5.74, 6) is 0.686. The van der Waals surface area contributed by atoms with Gasteiger partial charge in [0.2, 0.25) is 0 Å². The molecule has 0 amide bonds. The summed E-state index contributed by atoms with van der Waals surface area (Å²) in [6, 6.07) is 0. The van der Waals surface area contributed by atoms with Gasteiger partial charge in [-0.2, -0.15) is 5.10 Å². The molecule has 1 aliphatic heterocycles. The van der Waals surface area contributed by atoms with E-state index < -0.39 is 0 Å². The third kappa shape index (κ3) is 2.02. The molecule has 100 valence electrons. The van der Waals surface area contributed by atoms with Crippen LogP contribution in [0.2, 0.25) is 0 Å². The second-order valence-electron chi connectivity index (χ2n) is 5.76. The van der Waals surface area contributed by atoms with Crippen LogP contribution in [0.25, 0.3) is 0 Å². The summed E-state index contributed by atoms with van der Waals surface area (Å²) < 4.78 is 8.92. The van der Waals surface area contributed by atoms with Gasteiger partial charge in [0.05, 0.1) is 27.5 Å². The largest absolute Gasteiger partial charge is 0.376 e. The second kappa shape index (κ2) is 4.32. The number of halogens is 1. The maximum atomic E-state index is 6.64. The highest BCUT2D eigenvalue weighted by Gasteiger charge is 2.49. The van der Waals surface area contributed by atoms with Crippen LogP contribution in [-0.4, -0.2) is 28.0 Å². The lowest BCUT2D eigenvalue weighted by molar-refractivity contribution is 0.0621. The van der Waals surface area contributed by atoms with Crippen LogP contribution in [0.15, 0.2) is 4.47 Å². The topological polar surface area (TPSA) is 53.1 Å². The van der Waals surface area contributed by atoms with Crippen LogP contribution >= 0.6 is 15.9 Å². The second-order valence-corrected chi connectivity index (χ2v) is 6.55. The highest BCUT2D eigenvalue weighted by molar-refractivity contribution is 9.10. The molecule has 0 aromatic carbocycles. The van der Waals surface area contributed by atoms with Crippen LogP contribution in [0.5, 0.6) is 0 Å². The van der Waals surface area contributed by atoms with Gasteiger partial charge in [-0.05, 0) is 48.0 Å². The van der Waals surface area contributed by atoms with Crippen molar-refractivity contribution in [2.75, 3.05) is 6.61 Å². The Morgan fingerprint density at radius 3 is 2.83 bits per heavy atom. The molecular formula is C13H20BrN3O. The maximum Gasteiger partial charge on any atom is 0.0787 e. The lowest BCUT2D eigenvalue weighted by atomic mass is 9.85. The number of aromatic nitrogens is 2. The van der Waals surface area contributed by atoms with E-state index in [-0.39, 0.29) is 11.6 Å². The molecule has 2 aliphatic rings. The minimum absolute atomic E-state index is 0.218. The zero-order valence-corrected chi connectivity index (χ0v) is 12.5. The molecule has 5 heteroatoms. The first-order valence-electron chi connectivity index (χ1n) is 6.60. The molecule has 2 unspecified atom stereocenters. The highest BCUT2D eigenvalue weighted by atomic mass is 79.9. The number of rotatable bonds is 3. The zero-order valence-electron chi connectivity index (χ0n) is 10.9. The molecule has 3 rings (SSSR count). The smallest absolute Gasteiger partial charge is 0.0787 e. The molecule has 1 aliphatic carbocycles. The van der Waals surface area contributed by atoms with Gasteiger partial charge in [0, 0.05) is 20.1 Å². The van der Waals surface area contributed by atoms with Gasteiger partial charge >= 0.3 is 0 Å². The van der Waals surface area contributed by atoms with Crippen molar-refractivity contribution in [3.8, 4) is 0 Å². The first kappa shape index (κ1) is 12.6. The van der Waals surface area contributed by atoms with E-state index in [1.807, 2.05) is 18.7 Å². The van der Waals surface area contributed by atoms with Crippen LogP contribution < -0.4 is 5.73 Å². The predicted molar refractivity (Wildman–Crippen MR) is 73.3 cm³/mol. The van der Waals surface area contributed by atoms with Crippen molar-refractivity contribution in [2.24, 2.45) is 18.7 Å². The third-order valence-corrected chi connectivity index (χ3v) is 5.27. The number of aryl methyl sites for hydroxylation is 2. The Bertz CT molecular complexity index is 469. The van der Waals surface area contributed by atoms with E-state index in [1.54, 1.807) is 0 Å². The van der Waals surface area contributed by atoms with Gasteiger partial charge in [-0.25, -0.2) is 0 Å². The SMILES string of the molecule is Cc1nn(C)c(CC2(N)CCOC2C2CC2)c1Br. The molecule has 0 spiro atoms. The number of nitrogens with zero attached hydrogens (tertiary/aromatic N) is 2. The van der Waals surface area contributed by atoms with Gasteiger partial charge in [-0.1, -0.05) is 0 Å². The molecule has 2 fully saturated rings. The molecule has 0 radical (unpaired) electrons. The summed E-state index contributed by atoms with van der Waals surface area (Å²) in [6.45, 7) is 2.81. The van der Waals surface area contributed by atoms with Crippen LogP contribution in [0.3, 0.4) is 0 Å². The number of nitrogens with two attached hydrogens (primary N) is 1. The minimum Gasteiger partial charge on any atom is -0.376 e. The van der Waals surface area contributed by atoms with Crippen LogP contribution in [0.1, 0.15) is 30.7 Å². The van der Waals surface area contributed by atoms with Crippen molar-refractivity contribution in [3.63, 3.8) is 0 Å². The lowest BCUT2D eigenvalue weighted by Crippen LogP contribution is -2.50. The van der Waals surface area contributed by atoms with Gasteiger partial charge in [-0.15, -0.1) is 0 Å². The van der Waals surface area contributed by atoms with Crippen molar-refractivity contribution in [2.45, 2.75) is 44.2 Å². The molecule has 0 bridgehead atoms. The van der Waals surface area contributed by atoms with Crippen molar-refractivity contribution in [3.05, 3.63) is 15.9 Å². The number of hydrogen-bond acceptors (Lipinski definition) is 3. The average Bonchev–Trinajstić information content (AvgIpc) is 3.04. The fourth-order valence-corrected chi connectivity index (χ4v) is 3.54. The van der Waals surface area contributed by atoms with Gasteiger partial charge in [0.15, 0.2) is 0 Å². The van der Waals surface area contributed by atoms with E-state index in [0.717, 1.165) is 29.6 Å². The maximum absolute atomic E-state index is 6.64. The molecule has 4 nitrogen and oxygen atoms in total. The molecule has 1 saturated carbocycles. The van der Waals surface area contributed by atoms with E-state index in [4.69, 9.17) is 10.5 Å². The molecule has 2 N–H and O–H groups in total. The predicted octanol–water partition coefficient (Wildman–Crippen LogP) is 1.93. The summed E-state index contributed by atoms with van der Waals surface area (Å²) in [4.78, 5) is 0. The molecular weight excluding hydrogens is 294 g/mol. The fraction of sp³-hybridized carbons (Fsp3) is 0.769. The summed E-state index contributed by atoms with van der Waals surface area (Å²) in [5, 5.41) is 4.44. The molecule has 1 aromatic heterocycles. The Labute approximate surface area is 116 Å². The first-order chi connectivity index (χ1) is 8.51. The summed E-state index contributed by atoms with van der Waals surface area (Å²) >= 11 is 3.63. The van der Waals surface area contributed by atoms with E-state index >= 15 is 0 Å². The van der Waals surface area contributed by atoms with Gasteiger partial charge in [0.1, 0.15) is 0 Å². The van der Waals surface area contributed by atoms with E-state index in [0.29, 0.717) is 5.92 Å². The zero-order chi connectivity index (χ0) is 12.9. The Hall–Kier alpha value is -0.390. The van der Waals surface area contributed by atoms with Crippen LogP contribution in [-0.2, 0) is 18.2 Å². The van der Waals surface area contributed by atoms with Crippen molar-refractivity contribution in [1.82, 2.24) is 9.78 Å². The van der Waals surface area contributed by atoms with Crippen molar-refractivity contribution < 1.29 is 4.74 Å². The van der Waals surface area contributed by atoms with E-state index in [2.05, 4.69) is 21.0 Å². The Morgan fingerprint density at radius 2 is 2.28 bits per heavy atom. The lowest BCUT2D eigenvalue weighted by Gasteiger charge is -2.30.